The molecule has 0 saturated heterocycles. The number of hydrogen-bond acceptors (Lipinski definition) is 4. The molecular formula is C15H18N2O2. The molecule has 0 bridgehead atoms. The van der Waals surface area contributed by atoms with Crippen molar-refractivity contribution in [3.05, 3.63) is 42.2 Å². The van der Waals surface area contributed by atoms with Crippen molar-refractivity contribution >= 4 is 5.69 Å². The summed E-state index contributed by atoms with van der Waals surface area (Å²) in [5.41, 5.74) is 9.47. The van der Waals surface area contributed by atoms with Crippen LogP contribution in [0.2, 0.25) is 0 Å². The average molecular weight is 258 g/mol. The lowest BCUT2D eigenvalue weighted by molar-refractivity contribution is 0.146. The third-order valence-corrected chi connectivity index (χ3v) is 2.77. The van der Waals surface area contributed by atoms with Crippen LogP contribution in [0.1, 0.15) is 5.69 Å². The van der Waals surface area contributed by atoms with E-state index in [9.17, 15) is 0 Å². The van der Waals surface area contributed by atoms with E-state index in [4.69, 9.17) is 15.2 Å². The lowest BCUT2D eigenvalue weighted by Gasteiger charge is -2.12. The van der Waals surface area contributed by atoms with Gasteiger partial charge < -0.3 is 15.2 Å². The number of nitrogens with zero attached hydrogens (tertiary/aromatic N) is 1. The highest BCUT2D eigenvalue weighted by Gasteiger charge is 2.07. The molecule has 1 aromatic carbocycles. The number of aryl methyl sites for hydroxylation is 1. The summed E-state index contributed by atoms with van der Waals surface area (Å²) in [6.45, 7) is 3.00. The van der Waals surface area contributed by atoms with Gasteiger partial charge in [-0.25, -0.2) is 0 Å². The summed E-state index contributed by atoms with van der Waals surface area (Å²) in [5, 5.41) is 0. The molecule has 0 aliphatic rings. The number of nitrogens with two attached hydrogens (primary N) is 1. The summed E-state index contributed by atoms with van der Waals surface area (Å²) in [6.07, 6.45) is 1.84. The topological polar surface area (TPSA) is 57.4 Å². The van der Waals surface area contributed by atoms with Gasteiger partial charge in [0.05, 0.1) is 6.61 Å². The first kappa shape index (κ1) is 13.4. The molecule has 4 heteroatoms. The van der Waals surface area contributed by atoms with E-state index in [0.717, 1.165) is 22.6 Å². The van der Waals surface area contributed by atoms with Crippen LogP contribution in [0.25, 0.3) is 11.1 Å². The maximum atomic E-state index is 5.81. The molecule has 4 nitrogen and oxygen atoms in total. The molecule has 2 N–H and O–H groups in total. The first-order chi connectivity index (χ1) is 9.20. The number of pyridine rings is 1. The van der Waals surface area contributed by atoms with Gasteiger partial charge in [-0.1, -0.05) is 6.07 Å². The maximum absolute atomic E-state index is 5.81. The summed E-state index contributed by atoms with van der Waals surface area (Å²) in [6, 6.07) is 9.63. The Hall–Kier alpha value is -2.07. The number of rotatable bonds is 5. The average Bonchev–Trinajstić information content (AvgIpc) is 2.41. The normalized spacial score (nSPS) is 10.4. The van der Waals surface area contributed by atoms with Gasteiger partial charge in [-0.05, 0) is 25.1 Å². The van der Waals surface area contributed by atoms with Gasteiger partial charge in [-0.3, -0.25) is 4.98 Å². The van der Waals surface area contributed by atoms with Crippen molar-refractivity contribution in [3.63, 3.8) is 0 Å². The van der Waals surface area contributed by atoms with Crippen LogP contribution < -0.4 is 10.5 Å². The van der Waals surface area contributed by atoms with Crippen LogP contribution in [-0.2, 0) is 4.74 Å². The molecule has 0 spiro atoms. The third kappa shape index (κ3) is 3.45. The quantitative estimate of drug-likeness (QED) is 0.661. The molecule has 1 heterocycles. The number of nitrogen functional groups attached to an aromatic ring is 1. The van der Waals surface area contributed by atoms with Gasteiger partial charge in [0.15, 0.2) is 0 Å². The van der Waals surface area contributed by atoms with Gasteiger partial charge in [0, 0.05) is 41.9 Å². The van der Waals surface area contributed by atoms with E-state index in [-0.39, 0.29) is 0 Å². The largest absolute Gasteiger partial charge is 0.490 e. The lowest BCUT2D eigenvalue weighted by atomic mass is 10.1. The summed E-state index contributed by atoms with van der Waals surface area (Å²) in [4.78, 5) is 4.30. The zero-order valence-electron chi connectivity index (χ0n) is 11.2. The molecule has 2 rings (SSSR count). The van der Waals surface area contributed by atoms with Crippen LogP contribution in [-0.4, -0.2) is 25.3 Å². The Morgan fingerprint density at radius 2 is 2.00 bits per heavy atom. The van der Waals surface area contributed by atoms with Crippen LogP contribution in [0.4, 0.5) is 5.69 Å². The Kier molecular flexibility index (Phi) is 4.36. The van der Waals surface area contributed by atoms with Crippen LogP contribution in [0.5, 0.6) is 5.75 Å². The molecular weight excluding hydrogens is 240 g/mol. The second kappa shape index (κ2) is 6.20. The molecule has 0 saturated carbocycles. The number of hydrogen-bond donors (Lipinski definition) is 1. The third-order valence-electron chi connectivity index (χ3n) is 2.77. The molecule has 2 aromatic rings. The number of methoxy groups -OCH3 is 1. The zero-order valence-corrected chi connectivity index (χ0v) is 11.2. The van der Waals surface area contributed by atoms with Gasteiger partial charge in [-0.15, -0.1) is 0 Å². The molecule has 0 atom stereocenters. The van der Waals surface area contributed by atoms with Crippen LogP contribution in [0, 0.1) is 6.92 Å². The van der Waals surface area contributed by atoms with E-state index in [1.165, 1.54) is 0 Å². The van der Waals surface area contributed by atoms with E-state index in [0.29, 0.717) is 18.9 Å². The second-order valence-corrected chi connectivity index (χ2v) is 4.29. The van der Waals surface area contributed by atoms with Crippen LogP contribution >= 0.6 is 0 Å². The summed E-state index contributed by atoms with van der Waals surface area (Å²) >= 11 is 0. The van der Waals surface area contributed by atoms with Crippen LogP contribution in [0.15, 0.2) is 36.5 Å². The number of benzene rings is 1. The highest BCUT2D eigenvalue weighted by Crippen LogP contribution is 2.31. The predicted octanol–water partition coefficient (Wildman–Crippen LogP) is 2.66. The van der Waals surface area contributed by atoms with Crippen LogP contribution in [0.3, 0.4) is 0 Å². The zero-order chi connectivity index (χ0) is 13.7. The molecule has 0 radical (unpaired) electrons. The maximum Gasteiger partial charge on any atom is 0.129 e. The van der Waals surface area contributed by atoms with E-state index in [1.807, 2.05) is 43.5 Å². The number of anilines is 1. The van der Waals surface area contributed by atoms with Crippen molar-refractivity contribution in [3.8, 4) is 16.9 Å². The van der Waals surface area contributed by atoms with E-state index < -0.39 is 0 Å². The molecule has 1 aromatic heterocycles. The van der Waals surface area contributed by atoms with Crippen molar-refractivity contribution < 1.29 is 9.47 Å². The van der Waals surface area contributed by atoms with Crippen molar-refractivity contribution in [2.45, 2.75) is 6.92 Å². The fourth-order valence-corrected chi connectivity index (χ4v) is 1.76. The SMILES string of the molecule is COCCOc1cc(N)ccc1-c1ccc(C)nc1. The summed E-state index contributed by atoms with van der Waals surface area (Å²) in [7, 11) is 1.65. The highest BCUT2D eigenvalue weighted by molar-refractivity contribution is 5.72. The first-order valence-corrected chi connectivity index (χ1v) is 6.15. The van der Waals surface area contributed by atoms with Gasteiger partial charge in [0.2, 0.25) is 0 Å². The molecule has 0 unspecified atom stereocenters. The van der Waals surface area contributed by atoms with Crippen molar-refractivity contribution in [2.75, 3.05) is 26.1 Å². The fraction of sp³-hybridized carbons (Fsp3) is 0.267. The Labute approximate surface area is 113 Å². The Morgan fingerprint density at radius 1 is 1.16 bits per heavy atom. The minimum absolute atomic E-state index is 0.492. The van der Waals surface area contributed by atoms with Gasteiger partial charge in [0.25, 0.3) is 0 Å². The molecule has 0 aliphatic heterocycles. The van der Waals surface area contributed by atoms with Crippen molar-refractivity contribution in [1.29, 1.82) is 0 Å². The van der Waals surface area contributed by atoms with Gasteiger partial charge in [0.1, 0.15) is 12.4 Å². The smallest absolute Gasteiger partial charge is 0.129 e. The minimum atomic E-state index is 0.492. The second-order valence-electron chi connectivity index (χ2n) is 4.29. The molecule has 100 valence electrons. The number of ether oxygens (including phenoxy) is 2. The highest BCUT2D eigenvalue weighted by atomic mass is 16.5. The van der Waals surface area contributed by atoms with E-state index in [2.05, 4.69) is 4.98 Å². The molecule has 0 aliphatic carbocycles. The van der Waals surface area contributed by atoms with Gasteiger partial charge in [-0.2, -0.15) is 0 Å². The van der Waals surface area contributed by atoms with E-state index in [1.54, 1.807) is 7.11 Å². The minimum Gasteiger partial charge on any atom is -0.490 e. The fourth-order valence-electron chi connectivity index (χ4n) is 1.76. The monoisotopic (exact) mass is 258 g/mol. The van der Waals surface area contributed by atoms with Crippen molar-refractivity contribution in [2.24, 2.45) is 0 Å². The molecule has 19 heavy (non-hydrogen) atoms. The molecule has 0 amide bonds. The standard InChI is InChI=1S/C15H18N2O2/c1-11-3-4-12(10-17-11)14-6-5-13(16)9-15(14)19-8-7-18-2/h3-6,9-10H,7-8,16H2,1-2H3. The Morgan fingerprint density at radius 3 is 2.68 bits per heavy atom. The number of aromatic nitrogens is 1. The first-order valence-electron chi connectivity index (χ1n) is 6.15. The van der Waals surface area contributed by atoms with Crippen molar-refractivity contribution in [1.82, 2.24) is 4.98 Å². The Balaban J connectivity index is 2.30. The Bertz CT molecular complexity index is 538. The summed E-state index contributed by atoms with van der Waals surface area (Å²) < 4.78 is 10.7. The lowest BCUT2D eigenvalue weighted by Crippen LogP contribution is -2.05. The van der Waals surface area contributed by atoms with E-state index >= 15 is 0 Å². The summed E-state index contributed by atoms with van der Waals surface area (Å²) in [5.74, 6) is 0.753. The molecule has 0 fully saturated rings. The predicted molar refractivity (Wildman–Crippen MR) is 76.2 cm³/mol. The van der Waals surface area contributed by atoms with Gasteiger partial charge >= 0.3 is 0 Å².